The zero-order valence-corrected chi connectivity index (χ0v) is 13.4. The van der Waals surface area contributed by atoms with E-state index in [-0.39, 0.29) is 24.6 Å². The maximum atomic E-state index is 12.2. The summed E-state index contributed by atoms with van der Waals surface area (Å²) in [6.45, 7) is 0.0894. The predicted molar refractivity (Wildman–Crippen MR) is 87.8 cm³/mol. The quantitative estimate of drug-likeness (QED) is 0.858. The van der Waals surface area contributed by atoms with Gasteiger partial charge in [-0.2, -0.15) is 0 Å². The van der Waals surface area contributed by atoms with Gasteiger partial charge in [-0.3, -0.25) is 14.4 Å². The number of carbonyl (C=O) groups excluding carboxylic acids is 2. The fraction of sp³-hybridized carbons (Fsp3) is 0.235. The molecule has 1 fully saturated rings. The van der Waals surface area contributed by atoms with Crippen molar-refractivity contribution in [1.29, 1.82) is 0 Å². The molecule has 0 radical (unpaired) electrons. The molecule has 3 rings (SSSR count). The number of methoxy groups -OCH3 is 1. The second-order valence-electron chi connectivity index (χ2n) is 5.56. The summed E-state index contributed by atoms with van der Waals surface area (Å²) < 4.78 is 10.3. The van der Waals surface area contributed by atoms with Crippen LogP contribution in [0.2, 0.25) is 0 Å². The van der Waals surface area contributed by atoms with Crippen molar-refractivity contribution in [2.24, 2.45) is 5.92 Å². The smallest absolute Gasteiger partial charge is 0.308 e. The third-order valence-corrected chi connectivity index (χ3v) is 3.96. The highest BCUT2D eigenvalue weighted by atomic mass is 16.5. The average molecular weight is 344 g/mol. The number of furan rings is 1. The number of aliphatic carboxylic acids is 1. The van der Waals surface area contributed by atoms with E-state index in [4.69, 9.17) is 14.3 Å². The molecule has 2 amide bonds. The molecule has 0 aliphatic carbocycles. The van der Waals surface area contributed by atoms with Crippen LogP contribution in [0.5, 0.6) is 5.75 Å². The van der Waals surface area contributed by atoms with Gasteiger partial charge in [-0.25, -0.2) is 0 Å². The Morgan fingerprint density at radius 1 is 1.36 bits per heavy atom. The van der Waals surface area contributed by atoms with Gasteiger partial charge in [0.25, 0.3) is 5.91 Å². The highest BCUT2D eigenvalue weighted by Crippen LogP contribution is 2.33. The summed E-state index contributed by atoms with van der Waals surface area (Å²) in [6.07, 6.45) is 1.34. The second-order valence-corrected chi connectivity index (χ2v) is 5.56. The summed E-state index contributed by atoms with van der Waals surface area (Å²) in [6, 6.07) is 7.93. The second kappa shape index (κ2) is 6.68. The van der Waals surface area contributed by atoms with Gasteiger partial charge in [0.15, 0.2) is 5.76 Å². The van der Waals surface area contributed by atoms with Crippen LogP contribution in [-0.2, 0) is 9.59 Å². The first-order chi connectivity index (χ1) is 12.0. The van der Waals surface area contributed by atoms with Crippen LogP contribution in [0.1, 0.15) is 17.0 Å². The number of nitrogens with zero attached hydrogens (tertiary/aromatic N) is 1. The Morgan fingerprint density at radius 2 is 2.16 bits per heavy atom. The Labute approximate surface area is 143 Å². The first kappa shape index (κ1) is 16.6. The van der Waals surface area contributed by atoms with Gasteiger partial charge in [-0.15, -0.1) is 0 Å². The standard InChI is InChI=1S/C17H16N2O6/c1-24-13-5-4-11(19-9-10(17(22)23)7-15(19)20)8-12(13)18-16(21)14-3-2-6-25-14/h2-6,8,10H,7,9H2,1H3,(H,18,21)(H,22,23). The number of benzene rings is 1. The Balaban J connectivity index is 1.86. The number of carboxylic acid groups (broad SMARTS) is 1. The van der Waals surface area contributed by atoms with Crippen LogP contribution >= 0.6 is 0 Å². The van der Waals surface area contributed by atoms with E-state index < -0.39 is 17.8 Å². The first-order valence-corrected chi connectivity index (χ1v) is 7.55. The van der Waals surface area contributed by atoms with Crippen LogP contribution in [0.25, 0.3) is 0 Å². The first-order valence-electron chi connectivity index (χ1n) is 7.55. The summed E-state index contributed by atoms with van der Waals surface area (Å²) in [4.78, 5) is 36.7. The molecule has 25 heavy (non-hydrogen) atoms. The van der Waals surface area contributed by atoms with E-state index in [1.807, 2.05) is 0 Å². The number of carboxylic acids is 1. The van der Waals surface area contributed by atoms with Gasteiger partial charge in [0.05, 0.1) is 25.0 Å². The van der Waals surface area contributed by atoms with Gasteiger partial charge in [0.2, 0.25) is 5.91 Å². The molecule has 130 valence electrons. The molecule has 8 nitrogen and oxygen atoms in total. The minimum absolute atomic E-state index is 0.0462. The zero-order chi connectivity index (χ0) is 18.0. The zero-order valence-electron chi connectivity index (χ0n) is 13.4. The van der Waals surface area contributed by atoms with Gasteiger partial charge in [-0.1, -0.05) is 0 Å². The normalized spacial score (nSPS) is 16.8. The molecule has 1 saturated heterocycles. The lowest BCUT2D eigenvalue weighted by molar-refractivity contribution is -0.141. The fourth-order valence-corrected chi connectivity index (χ4v) is 2.68. The molecule has 2 aromatic rings. The van der Waals surface area contributed by atoms with E-state index >= 15 is 0 Å². The van der Waals surface area contributed by atoms with Crippen LogP contribution in [0.15, 0.2) is 41.0 Å². The lowest BCUT2D eigenvalue weighted by Gasteiger charge is -2.18. The van der Waals surface area contributed by atoms with Crippen LogP contribution in [0.3, 0.4) is 0 Å². The Bertz CT molecular complexity index is 815. The number of rotatable bonds is 5. The van der Waals surface area contributed by atoms with Gasteiger partial charge in [0.1, 0.15) is 5.75 Å². The third-order valence-electron chi connectivity index (χ3n) is 3.96. The van der Waals surface area contributed by atoms with Crippen molar-refractivity contribution >= 4 is 29.2 Å². The maximum absolute atomic E-state index is 12.2. The molecule has 0 spiro atoms. The highest BCUT2D eigenvalue weighted by Gasteiger charge is 2.35. The topological polar surface area (TPSA) is 109 Å². The molecular weight excluding hydrogens is 328 g/mol. The van der Waals surface area contributed by atoms with E-state index in [1.165, 1.54) is 24.3 Å². The van der Waals surface area contributed by atoms with Gasteiger partial charge in [-0.05, 0) is 30.3 Å². The largest absolute Gasteiger partial charge is 0.495 e. The Kier molecular flexibility index (Phi) is 4.42. The Hall–Kier alpha value is -3.29. The summed E-state index contributed by atoms with van der Waals surface area (Å²) in [5.74, 6) is -1.94. The minimum Gasteiger partial charge on any atom is -0.495 e. The van der Waals surface area contributed by atoms with Crippen molar-refractivity contribution in [2.45, 2.75) is 6.42 Å². The van der Waals surface area contributed by atoms with Gasteiger partial charge in [0, 0.05) is 18.7 Å². The summed E-state index contributed by atoms with van der Waals surface area (Å²) in [5.41, 5.74) is 0.845. The van der Waals surface area contributed by atoms with E-state index in [9.17, 15) is 14.4 Å². The molecule has 0 bridgehead atoms. The summed E-state index contributed by atoms with van der Waals surface area (Å²) in [7, 11) is 1.46. The molecule has 1 aromatic heterocycles. The molecule has 1 unspecified atom stereocenters. The average Bonchev–Trinajstić information content (AvgIpc) is 3.24. The molecule has 2 heterocycles. The molecule has 2 N–H and O–H groups in total. The lowest BCUT2D eigenvalue weighted by atomic mass is 10.1. The molecule has 1 aliphatic rings. The van der Waals surface area contributed by atoms with Crippen molar-refractivity contribution in [3.8, 4) is 5.75 Å². The monoisotopic (exact) mass is 344 g/mol. The highest BCUT2D eigenvalue weighted by molar-refractivity contribution is 6.04. The third kappa shape index (κ3) is 3.32. The Morgan fingerprint density at radius 3 is 2.76 bits per heavy atom. The predicted octanol–water partition coefficient (Wildman–Crippen LogP) is 1.98. The van der Waals surface area contributed by atoms with Gasteiger partial charge < -0.3 is 24.5 Å². The number of ether oxygens (including phenoxy) is 1. The number of hydrogen-bond acceptors (Lipinski definition) is 5. The van der Waals surface area contributed by atoms with Crippen LogP contribution in [0.4, 0.5) is 11.4 Å². The number of carbonyl (C=O) groups is 3. The van der Waals surface area contributed by atoms with Crippen LogP contribution in [0, 0.1) is 5.92 Å². The maximum Gasteiger partial charge on any atom is 0.308 e. The molecular formula is C17H16N2O6. The number of hydrogen-bond donors (Lipinski definition) is 2. The van der Waals surface area contributed by atoms with Crippen molar-refractivity contribution in [3.05, 3.63) is 42.4 Å². The number of anilines is 2. The summed E-state index contributed by atoms with van der Waals surface area (Å²) in [5, 5.41) is 11.8. The minimum atomic E-state index is -1.00. The molecule has 1 atom stereocenters. The van der Waals surface area contributed by atoms with E-state index in [0.717, 1.165) is 0 Å². The molecule has 1 aromatic carbocycles. The summed E-state index contributed by atoms with van der Waals surface area (Å²) >= 11 is 0. The molecule has 8 heteroatoms. The molecule has 1 aliphatic heterocycles. The van der Waals surface area contributed by atoms with Crippen LogP contribution in [-0.4, -0.2) is 36.5 Å². The van der Waals surface area contributed by atoms with E-state index in [1.54, 1.807) is 24.3 Å². The number of amides is 2. The SMILES string of the molecule is COc1ccc(N2CC(C(=O)O)CC2=O)cc1NC(=O)c1ccco1. The van der Waals surface area contributed by atoms with Crippen molar-refractivity contribution in [3.63, 3.8) is 0 Å². The van der Waals surface area contributed by atoms with Crippen molar-refractivity contribution < 1.29 is 28.6 Å². The van der Waals surface area contributed by atoms with Crippen LogP contribution < -0.4 is 15.0 Å². The van der Waals surface area contributed by atoms with E-state index in [0.29, 0.717) is 17.1 Å². The molecule has 0 saturated carbocycles. The van der Waals surface area contributed by atoms with E-state index in [2.05, 4.69) is 5.32 Å². The van der Waals surface area contributed by atoms with Gasteiger partial charge >= 0.3 is 5.97 Å². The fourth-order valence-electron chi connectivity index (χ4n) is 2.68. The van der Waals surface area contributed by atoms with Crippen molar-refractivity contribution in [1.82, 2.24) is 0 Å². The number of nitrogens with one attached hydrogen (secondary N) is 1. The lowest BCUT2D eigenvalue weighted by Crippen LogP contribution is -2.26. The van der Waals surface area contributed by atoms with Crippen molar-refractivity contribution in [2.75, 3.05) is 23.9 Å².